The lowest BCUT2D eigenvalue weighted by Crippen LogP contribution is -2.22. The minimum Gasteiger partial charge on any atom is -0.479 e. The number of rotatable bonds is 3. The molecule has 1 aromatic carbocycles. The Morgan fingerprint density at radius 3 is 2.56 bits per heavy atom. The number of hydrogen-bond acceptors (Lipinski definition) is 4. The van der Waals surface area contributed by atoms with Gasteiger partial charge in [0.1, 0.15) is 5.82 Å². The number of tetrazole rings is 1. The van der Waals surface area contributed by atoms with Crippen LogP contribution in [-0.2, 0) is 4.79 Å². The molecule has 1 heterocycles. The maximum Gasteiger partial charge on any atom is 0.333 e. The lowest BCUT2D eigenvalue weighted by Gasteiger charge is -2.12. The molecule has 0 saturated heterocycles. The number of carbonyl (C=O) groups is 1. The molecule has 0 amide bonds. The fourth-order valence-electron chi connectivity index (χ4n) is 1.50. The summed E-state index contributed by atoms with van der Waals surface area (Å²) in [5, 5.41) is 20.0. The highest BCUT2D eigenvalue weighted by atomic mass is 16.4. The average molecular weight is 218 g/mol. The predicted octanol–water partition coefficient (Wildman–Crippen LogP) is 0.656. The number of aryl methyl sites for hydroxylation is 1. The lowest BCUT2D eigenvalue weighted by molar-refractivity contribution is -0.139. The van der Waals surface area contributed by atoms with Crippen LogP contribution in [0.2, 0.25) is 0 Å². The van der Waals surface area contributed by atoms with Crippen molar-refractivity contribution >= 4 is 5.97 Å². The molecule has 1 atom stereocenters. The molecular weight excluding hydrogens is 208 g/mol. The third-order valence-corrected chi connectivity index (χ3v) is 2.25. The highest BCUT2D eigenvalue weighted by Crippen LogP contribution is 2.17. The van der Waals surface area contributed by atoms with Gasteiger partial charge in [-0.2, -0.15) is 0 Å². The van der Waals surface area contributed by atoms with Gasteiger partial charge in [-0.05, 0) is 22.9 Å². The molecule has 0 aliphatic heterocycles. The maximum atomic E-state index is 11.2. The van der Waals surface area contributed by atoms with Gasteiger partial charge in [-0.3, -0.25) is 0 Å². The molecular formula is C10H10N4O2. The fourth-order valence-corrected chi connectivity index (χ4v) is 1.50. The summed E-state index contributed by atoms with van der Waals surface area (Å²) in [7, 11) is 0. The highest BCUT2D eigenvalue weighted by molar-refractivity contribution is 5.75. The predicted molar refractivity (Wildman–Crippen MR) is 54.8 cm³/mol. The van der Waals surface area contributed by atoms with Crippen molar-refractivity contribution in [2.45, 2.75) is 13.0 Å². The molecule has 1 unspecified atom stereocenters. The van der Waals surface area contributed by atoms with Crippen molar-refractivity contribution < 1.29 is 9.90 Å². The van der Waals surface area contributed by atoms with Gasteiger partial charge in [-0.25, -0.2) is 9.48 Å². The van der Waals surface area contributed by atoms with Gasteiger partial charge in [0.2, 0.25) is 0 Å². The van der Waals surface area contributed by atoms with E-state index in [1.807, 2.05) is 6.07 Å². The van der Waals surface area contributed by atoms with E-state index in [0.717, 1.165) is 0 Å². The molecule has 6 nitrogen and oxygen atoms in total. The third kappa shape index (κ3) is 1.77. The summed E-state index contributed by atoms with van der Waals surface area (Å²) in [6, 6.07) is 7.99. The number of aromatic nitrogens is 4. The van der Waals surface area contributed by atoms with Crippen LogP contribution < -0.4 is 0 Å². The van der Waals surface area contributed by atoms with Crippen molar-refractivity contribution in [1.82, 2.24) is 20.2 Å². The number of hydrogen-bond donors (Lipinski definition) is 1. The van der Waals surface area contributed by atoms with Crippen molar-refractivity contribution in [3.05, 3.63) is 41.7 Å². The van der Waals surface area contributed by atoms with E-state index >= 15 is 0 Å². The van der Waals surface area contributed by atoms with Crippen LogP contribution in [0.15, 0.2) is 30.3 Å². The highest BCUT2D eigenvalue weighted by Gasteiger charge is 2.24. The van der Waals surface area contributed by atoms with Crippen LogP contribution in [0.1, 0.15) is 17.4 Å². The molecule has 0 saturated carbocycles. The van der Waals surface area contributed by atoms with Crippen LogP contribution in [0.4, 0.5) is 0 Å². The molecule has 0 spiro atoms. The summed E-state index contributed by atoms with van der Waals surface area (Å²) >= 11 is 0. The number of aliphatic carboxylic acids is 1. The zero-order valence-corrected chi connectivity index (χ0v) is 8.61. The second-order valence-electron chi connectivity index (χ2n) is 3.32. The summed E-state index contributed by atoms with van der Waals surface area (Å²) in [4.78, 5) is 11.2. The first-order valence-corrected chi connectivity index (χ1v) is 4.72. The van der Waals surface area contributed by atoms with E-state index in [1.165, 1.54) is 4.68 Å². The van der Waals surface area contributed by atoms with Crippen LogP contribution in [0.3, 0.4) is 0 Å². The molecule has 6 heteroatoms. The Kier molecular flexibility index (Phi) is 2.63. The van der Waals surface area contributed by atoms with Crippen LogP contribution in [0, 0.1) is 6.92 Å². The van der Waals surface area contributed by atoms with Gasteiger partial charge in [0.15, 0.2) is 6.04 Å². The second-order valence-corrected chi connectivity index (χ2v) is 3.32. The molecule has 0 radical (unpaired) electrons. The number of benzene rings is 1. The van der Waals surface area contributed by atoms with Crippen molar-refractivity contribution in [2.24, 2.45) is 0 Å². The van der Waals surface area contributed by atoms with E-state index in [0.29, 0.717) is 11.4 Å². The molecule has 0 fully saturated rings. The summed E-state index contributed by atoms with van der Waals surface area (Å²) < 4.78 is 1.29. The smallest absolute Gasteiger partial charge is 0.333 e. The van der Waals surface area contributed by atoms with Crippen LogP contribution in [0.25, 0.3) is 0 Å². The Hall–Kier alpha value is -2.24. The molecule has 0 aliphatic carbocycles. The summed E-state index contributed by atoms with van der Waals surface area (Å²) in [6.07, 6.45) is 0. The van der Waals surface area contributed by atoms with Crippen molar-refractivity contribution in [2.75, 3.05) is 0 Å². The van der Waals surface area contributed by atoms with Gasteiger partial charge in [-0.15, -0.1) is 5.10 Å². The van der Waals surface area contributed by atoms with Gasteiger partial charge in [0.25, 0.3) is 0 Å². The summed E-state index contributed by atoms with van der Waals surface area (Å²) in [5.74, 6) is -0.516. The summed E-state index contributed by atoms with van der Waals surface area (Å²) in [6.45, 7) is 1.67. The van der Waals surface area contributed by atoms with Crippen molar-refractivity contribution in [3.8, 4) is 0 Å². The quantitative estimate of drug-likeness (QED) is 0.818. The number of nitrogens with zero attached hydrogens (tertiary/aromatic N) is 4. The minimum absolute atomic E-state index is 0.469. The standard InChI is InChI=1S/C10H10N4O2/c1-7-11-12-13-14(7)9(10(15)16)8-5-3-2-4-6-8/h2-6,9H,1H3,(H,15,16). The maximum absolute atomic E-state index is 11.2. The molecule has 0 bridgehead atoms. The lowest BCUT2D eigenvalue weighted by atomic mass is 10.1. The van der Waals surface area contributed by atoms with Crippen molar-refractivity contribution in [3.63, 3.8) is 0 Å². The van der Waals surface area contributed by atoms with Gasteiger partial charge >= 0.3 is 5.97 Å². The zero-order valence-electron chi connectivity index (χ0n) is 8.61. The molecule has 1 N–H and O–H groups in total. The first-order chi connectivity index (χ1) is 7.70. The van der Waals surface area contributed by atoms with Crippen LogP contribution >= 0.6 is 0 Å². The Morgan fingerprint density at radius 2 is 2.06 bits per heavy atom. The SMILES string of the molecule is Cc1nnnn1C(C(=O)O)c1ccccc1. The molecule has 1 aromatic heterocycles. The molecule has 2 rings (SSSR count). The largest absolute Gasteiger partial charge is 0.479 e. The topological polar surface area (TPSA) is 80.9 Å². The Morgan fingerprint density at radius 1 is 1.38 bits per heavy atom. The first kappa shape index (κ1) is 10.3. The monoisotopic (exact) mass is 218 g/mol. The van der Waals surface area contributed by atoms with Crippen molar-refractivity contribution in [1.29, 1.82) is 0 Å². The van der Waals surface area contributed by atoms with Crippen LogP contribution in [0.5, 0.6) is 0 Å². The Balaban J connectivity index is 2.48. The van der Waals surface area contributed by atoms with E-state index in [2.05, 4.69) is 15.5 Å². The van der Waals surface area contributed by atoms with Gasteiger partial charge < -0.3 is 5.11 Å². The fraction of sp³-hybridized carbons (Fsp3) is 0.200. The number of carboxylic acid groups (broad SMARTS) is 1. The molecule has 2 aromatic rings. The van der Waals surface area contributed by atoms with Gasteiger partial charge in [-0.1, -0.05) is 30.3 Å². The van der Waals surface area contributed by atoms with E-state index in [4.69, 9.17) is 0 Å². The zero-order chi connectivity index (χ0) is 11.5. The van der Waals surface area contributed by atoms with Gasteiger partial charge in [0.05, 0.1) is 0 Å². The van der Waals surface area contributed by atoms with E-state index in [9.17, 15) is 9.90 Å². The van der Waals surface area contributed by atoms with E-state index in [1.54, 1.807) is 31.2 Å². The second kappa shape index (κ2) is 4.09. The Bertz CT molecular complexity index is 495. The summed E-state index contributed by atoms with van der Waals surface area (Å²) in [5.41, 5.74) is 0.644. The minimum atomic E-state index is -0.985. The number of carboxylic acids is 1. The van der Waals surface area contributed by atoms with Gasteiger partial charge in [0, 0.05) is 0 Å². The average Bonchev–Trinajstić information content (AvgIpc) is 2.66. The van der Waals surface area contributed by atoms with E-state index in [-0.39, 0.29) is 0 Å². The van der Waals surface area contributed by atoms with Crippen LogP contribution in [-0.4, -0.2) is 31.3 Å². The normalized spacial score (nSPS) is 12.3. The third-order valence-electron chi connectivity index (χ3n) is 2.25. The molecule has 16 heavy (non-hydrogen) atoms. The van der Waals surface area contributed by atoms with E-state index < -0.39 is 12.0 Å². The molecule has 0 aliphatic rings. The Labute approximate surface area is 91.5 Å². The molecule has 82 valence electrons. The first-order valence-electron chi connectivity index (χ1n) is 4.72.